The number of rotatable bonds is 11. The smallest absolute Gasteiger partial charge is 0.251 e. The highest BCUT2D eigenvalue weighted by molar-refractivity contribution is 5.94. The topological polar surface area (TPSA) is 102 Å². The molecule has 1 saturated heterocycles. The van der Waals surface area contributed by atoms with Gasteiger partial charge in [-0.3, -0.25) is 9.59 Å². The standard InChI is InChI=1S/C33H39N5O3/c1-41-20-8-19-38-30-13-6-5-12-29(30)36-32(38)27-11-7-18-37(23-27)31(39)21-28(34)22-35-33(40)26-16-14-25(15-17-26)24-9-3-2-4-10-24/h2-6,9-10,12-17,27-28H,7-8,11,18-23,34H2,1H3,(H,35,40)/t27-,28-/m1/s1. The van der Waals surface area contributed by atoms with Gasteiger partial charge in [-0.05, 0) is 54.7 Å². The molecular weight excluding hydrogens is 514 g/mol. The van der Waals surface area contributed by atoms with Crippen molar-refractivity contribution in [3.8, 4) is 11.1 Å². The number of nitrogens with zero attached hydrogens (tertiary/aromatic N) is 3. The van der Waals surface area contributed by atoms with Crippen LogP contribution in [0.2, 0.25) is 0 Å². The number of para-hydroxylation sites is 2. The number of nitrogens with one attached hydrogen (secondary N) is 1. The summed E-state index contributed by atoms with van der Waals surface area (Å²) in [5.74, 6) is 1.02. The van der Waals surface area contributed by atoms with Gasteiger partial charge in [-0.2, -0.15) is 0 Å². The molecule has 2 atom stereocenters. The van der Waals surface area contributed by atoms with Gasteiger partial charge < -0.3 is 25.3 Å². The zero-order valence-electron chi connectivity index (χ0n) is 23.7. The normalized spacial score (nSPS) is 16.0. The highest BCUT2D eigenvalue weighted by Crippen LogP contribution is 2.30. The Morgan fingerprint density at radius 2 is 1.76 bits per heavy atom. The lowest BCUT2D eigenvalue weighted by molar-refractivity contribution is -0.132. The molecule has 214 valence electrons. The van der Waals surface area contributed by atoms with Crippen molar-refractivity contribution >= 4 is 22.8 Å². The Labute approximate surface area is 241 Å². The van der Waals surface area contributed by atoms with Crippen molar-refractivity contribution in [1.29, 1.82) is 0 Å². The lowest BCUT2D eigenvalue weighted by Gasteiger charge is -2.33. The number of aryl methyl sites for hydroxylation is 1. The van der Waals surface area contributed by atoms with E-state index in [4.69, 9.17) is 15.5 Å². The van der Waals surface area contributed by atoms with E-state index in [0.29, 0.717) is 25.3 Å². The number of amides is 2. The second-order valence-corrected chi connectivity index (χ2v) is 10.8. The van der Waals surface area contributed by atoms with Crippen LogP contribution in [0.5, 0.6) is 0 Å². The van der Waals surface area contributed by atoms with Crippen molar-refractivity contribution in [2.75, 3.05) is 33.4 Å². The van der Waals surface area contributed by atoms with Crippen molar-refractivity contribution in [1.82, 2.24) is 19.8 Å². The monoisotopic (exact) mass is 553 g/mol. The summed E-state index contributed by atoms with van der Waals surface area (Å²) in [7, 11) is 1.72. The van der Waals surface area contributed by atoms with E-state index in [2.05, 4.69) is 16.0 Å². The highest BCUT2D eigenvalue weighted by Gasteiger charge is 2.29. The Morgan fingerprint density at radius 1 is 1.02 bits per heavy atom. The molecule has 1 aliphatic rings. The van der Waals surface area contributed by atoms with Crippen LogP contribution in [-0.4, -0.2) is 65.7 Å². The van der Waals surface area contributed by atoms with Crippen LogP contribution in [0.25, 0.3) is 22.2 Å². The van der Waals surface area contributed by atoms with Crippen LogP contribution < -0.4 is 11.1 Å². The van der Waals surface area contributed by atoms with Crippen LogP contribution in [0.3, 0.4) is 0 Å². The zero-order valence-corrected chi connectivity index (χ0v) is 23.7. The minimum Gasteiger partial charge on any atom is -0.385 e. The van der Waals surface area contributed by atoms with Crippen molar-refractivity contribution in [2.45, 2.75) is 44.2 Å². The maximum Gasteiger partial charge on any atom is 0.251 e. The molecule has 3 N–H and O–H groups in total. The molecule has 0 spiro atoms. The predicted octanol–water partition coefficient (Wildman–Crippen LogP) is 4.59. The summed E-state index contributed by atoms with van der Waals surface area (Å²) in [5, 5.41) is 2.89. The van der Waals surface area contributed by atoms with Crippen LogP contribution in [0, 0.1) is 0 Å². The molecule has 0 aliphatic carbocycles. The van der Waals surface area contributed by atoms with Gasteiger partial charge in [-0.15, -0.1) is 0 Å². The van der Waals surface area contributed by atoms with E-state index < -0.39 is 6.04 Å². The third kappa shape index (κ3) is 7.01. The predicted molar refractivity (Wildman–Crippen MR) is 162 cm³/mol. The minimum atomic E-state index is -0.464. The summed E-state index contributed by atoms with van der Waals surface area (Å²) in [6.07, 6.45) is 2.99. The number of hydrogen-bond donors (Lipinski definition) is 2. The van der Waals surface area contributed by atoms with Gasteiger partial charge in [-0.25, -0.2) is 4.98 Å². The van der Waals surface area contributed by atoms with Crippen LogP contribution in [0.1, 0.15) is 47.8 Å². The Morgan fingerprint density at radius 3 is 2.54 bits per heavy atom. The summed E-state index contributed by atoms with van der Waals surface area (Å²) >= 11 is 0. The quantitative estimate of drug-likeness (QED) is 0.265. The van der Waals surface area contributed by atoms with Crippen molar-refractivity contribution in [3.63, 3.8) is 0 Å². The van der Waals surface area contributed by atoms with E-state index in [1.807, 2.05) is 77.7 Å². The van der Waals surface area contributed by atoms with Gasteiger partial charge >= 0.3 is 0 Å². The molecule has 0 unspecified atom stereocenters. The van der Waals surface area contributed by atoms with Crippen LogP contribution in [0.4, 0.5) is 0 Å². The number of imidazole rings is 1. The first-order chi connectivity index (χ1) is 20.0. The van der Waals surface area contributed by atoms with E-state index in [-0.39, 0.29) is 30.7 Å². The number of likely N-dealkylation sites (tertiary alicyclic amines) is 1. The molecule has 8 nitrogen and oxygen atoms in total. The van der Waals surface area contributed by atoms with E-state index in [9.17, 15) is 9.59 Å². The molecule has 41 heavy (non-hydrogen) atoms. The number of hydrogen-bond acceptors (Lipinski definition) is 5. The highest BCUT2D eigenvalue weighted by atomic mass is 16.5. The first-order valence-electron chi connectivity index (χ1n) is 14.4. The maximum atomic E-state index is 13.2. The number of carbonyl (C=O) groups excluding carboxylic acids is 2. The molecule has 3 aromatic carbocycles. The number of methoxy groups -OCH3 is 1. The summed E-state index contributed by atoms with van der Waals surface area (Å²) in [5.41, 5.74) is 11.1. The third-order valence-corrected chi connectivity index (χ3v) is 7.77. The summed E-state index contributed by atoms with van der Waals surface area (Å²) in [6, 6.07) is 25.3. The van der Waals surface area contributed by atoms with Gasteiger partial charge in [0.15, 0.2) is 0 Å². The molecule has 2 heterocycles. The molecule has 4 aromatic rings. The Hall–Kier alpha value is -4.01. The maximum absolute atomic E-state index is 13.2. The molecule has 1 aliphatic heterocycles. The van der Waals surface area contributed by atoms with Crippen molar-refractivity contribution in [2.24, 2.45) is 5.73 Å². The first kappa shape index (κ1) is 28.5. The molecule has 0 bridgehead atoms. The average molecular weight is 554 g/mol. The van der Waals surface area contributed by atoms with E-state index in [1.165, 1.54) is 0 Å². The Bertz CT molecular complexity index is 1450. The summed E-state index contributed by atoms with van der Waals surface area (Å²) in [6.45, 7) is 3.09. The number of benzene rings is 3. The number of aromatic nitrogens is 2. The molecule has 0 saturated carbocycles. The lowest BCUT2D eigenvalue weighted by atomic mass is 9.96. The largest absolute Gasteiger partial charge is 0.385 e. The Balaban J connectivity index is 1.15. The minimum absolute atomic E-state index is 0.0192. The van der Waals surface area contributed by atoms with Crippen LogP contribution in [0.15, 0.2) is 78.9 Å². The van der Waals surface area contributed by atoms with Crippen LogP contribution >= 0.6 is 0 Å². The van der Waals surface area contributed by atoms with Crippen molar-refractivity contribution in [3.05, 3.63) is 90.3 Å². The second kappa shape index (κ2) is 13.6. The fourth-order valence-electron chi connectivity index (χ4n) is 5.62. The zero-order chi connectivity index (χ0) is 28.6. The number of carbonyl (C=O) groups is 2. The second-order valence-electron chi connectivity index (χ2n) is 10.8. The molecule has 8 heteroatoms. The van der Waals surface area contributed by atoms with E-state index >= 15 is 0 Å². The van der Waals surface area contributed by atoms with Crippen LogP contribution in [-0.2, 0) is 16.1 Å². The average Bonchev–Trinajstić information content (AvgIpc) is 3.39. The van der Waals surface area contributed by atoms with E-state index in [1.54, 1.807) is 7.11 Å². The first-order valence-corrected chi connectivity index (χ1v) is 14.4. The number of ether oxygens (including phenoxy) is 1. The van der Waals surface area contributed by atoms with Gasteiger partial charge in [0.2, 0.25) is 5.91 Å². The molecule has 5 rings (SSSR count). The molecule has 2 amide bonds. The van der Waals surface area contributed by atoms with Gasteiger partial charge in [0.05, 0.1) is 11.0 Å². The summed E-state index contributed by atoms with van der Waals surface area (Å²) in [4.78, 5) is 32.8. The molecule has 1 fully saturated rings. The Kier molecular flexibility index (Phi) is 9.44. The number of fused-ring (bicyclic) bond motifs is 1. The van der Waals surface area contributed by atoms with Gasteiger partial charge in [-0.1, -0.05) is 54.6 Å². The molecule has 0 radical (unpaired) electrons. The van der Waals surface area contributed by atoms with Gasteiger partial charge in [0.25, 0.3) is 5.91 Å². The summed E-state index contributed by atoms with van der Waals surface area (Å²) < 4.78 is 7.57. The fourth-order valence-corrected chi connectivity index (χ4v) is 5.62. The third-order valence-electron chi connectivity index (χ3n) is 7.77. The van der Waals surface area contributed by atoms with Gasteiger partial charge in [0, 0.05) is 63.8 Å². The van der Waals surface area contributed by atoms with Crippen molar-refractivity contribution < 1.29 is 14.3 Å². The number of piperidine rings is 1. The lowest BCUT2D eigenvalue weighted by Crippen LogP contribution is -2.45. The van der Waals surface area contributed by atoms with Gasteiger partial charge in [0.1, 0.15) is 5.82 Å². The SMILES string of the molecule is COCCCn1c([C@@H]2CCCN(C(=O)C[C@@H](N)CNC(=O)c3ccc(-c4ccccc4)cc3)C2)nc2ccccc21. The fraction of sp³-hybridized carbons (Fsp3) is 0.364. The molecular formula is C33H39N5O3. The molecule has 1 aromatic heterocycles. The van der Waals surface area contributed by atoms with E-state index in [0.717, 1.165) is 53.8 Å². The number of nitrogens with two attached hydrogens (primary N) is 1.